The van der Waals surface area contributed by atoms with Crippen molar-refractivity contribution in [1.29, 1.82) is 0 Å². The summed E-state index contributed by atoms with van der Waals surface area (Å²) in [6.45, 7) is 1.15. The Labute approximate surface area is 126 Å². The van der Waals surface area contributed by atoms with Gasteiger partial charge in [-0.25, -0.2) is 9.18 Å². The Bertz CT molecular complexity index is 720. The van der Waals surface area contributed by atoms with E-state index < -0.39 is 5.82 Å². The number of para-hydroxylation sites is 1. The van der Waals surface area contributed by atoms with Gasteiger partial charge in [0, 0.05) is 24.8 Å². The number of hydrogen-bond donors (Lipinski definition) is 0. The first kappa shape index (κ1) is 14.1. The lowest BCUT2D eigenvalue weighted by Crippen LogP contribution is -2.32. The first-order valence-electron chi connectivity index (χ1n) is 6.74. The average molecular weight is 300 g/mol. The Morgan fingerprint density at radius 3 is 2.59 bits per heavy atom. The number of halogens is 1. The normalized spacial score (nSPS) is 14.3. The van der Waals surface area contributed by atoms with Gasteiger partial charge in [-0.2, -0.15) is 0 Å². The first-order valence-corrected chi connectivity index (χ1v) is 6.74. The van der Waals surface area contributed by atoms with Crippen LogP contribution >= 0.6 is 0 Å². The number of carbonyl (C=O) groups is 2. The van der Waals surface area contributed by atoms with Crippen molar-refractivity contribution >= 4 is 23.9 Å². The molecule has 3 rings (SSSR count). The molecule has 0 aromatic heterocycles. The smallest absolute Gasteiger partial charge is 0.329 e. The van der Waals surface area contributed by atoms with E-state index in [1.54, 1.807) is 42.5 Å². The monoisotopic (exact) mass is 300 g/mol. The van der Waals surface area contributed by atoms with E-state index in [4.69, 9.17) is 4.74 Å². The van der Waals surface area contributed by atoms with E-state index in [2.05, 4.69) is 0 Å². The predicted molar refractivity (Wildman–Crippen MR) is 79.6 cm³/mol. The van der Waals surface area contributed by atoms with Crippen molar-refractivity contribution in [2.75, 3.05) is 22.9 Å². The van der Waals surface area contributed by atoms with Crippen molar-refractivity contribution in [3.63, 3.8) is 0 Å². The zero-order valence-electron chi connectivity index (χ0n) is 11.6. The summed E-state index contributed by atoms with van der Waals surface area (Å²) in [6, 6.07) is 12.5. The molecular formula is C16H13FN2O3. The Morgan fingerprint density at radius 2 is 1.82 bits per heavy atom. The summed E-state index contributed by atoms with van der Waals surface area (Å²) < 4.78 is 18.6. The van der Waals surface area contributed by atoms with Crippen LogP contribution in [0.3, 0.4) is 0 Å². The van der Waals surface area contributed by atoms with Crippen LogP contribution in [0.25, 0.3) is 0 Å². The van der Waals surface area contributed by atoms with Crippen molar-refractivity contribution in [1.82, 2.24) is 0 Å². The highest BCUT2D eigenvalue weighted by molar-refractivity contribution is 6.06. The van der Waals surface area contributed by atoms with Gasteiger partial charge in [0.05, 0.1) is 5.69 Å². The summed E-state index contributed by atoms with van der Waals surface area (Å²) in [5.74, 6) is -0.0830. The summed E-state index contributed by atoms with van der Waals surface area (Å²) in [4.78, 5) is 25.8. The van der Waals surface area contributed by atoms with Gasteiger partial charge < -0.3 is 4.74 Å². The maximum atomic E-state index is 13.8. The highest BCUT2D eigenvalue weighted by Crippen LogP contribution is 2.28. The number of nitrogens with zero attached hydrogens (tertiary/aromatic N) is 2. The molecule has 0 N–H and O–H groups in total. The van der Waals surface area contributed by atoms with E-state index in [1.165, 1.54) is 15.9 Å². The quantitative estimate of drug-likeness (QED) is 0.816. The van der Waals surface area contributed by atoms with Crippen molar-refractivity contribution in [2.45, 2.75) is 0 Å². The molecule has 0 bridgehead atoms. The maximum Gasteiger partial charge on any atom is 0.329 e. The van der Waals surface area contributed by atoms with Gasteiger partial charge in [-0.05, 0) is 24.3 Å². The van der Waals surface area contributed by atoms with Crippen LogP contribution in [0.15, 0.2) is 48.5 Å². The molecule has 2 amide bonds. The van der Waals surface area contributed by atoms with E-state index in [-0.39, 0.29) is 11.7 Å². The van der Waals surface area contributed by atoms with Crippen molar-refractivity contribution in [2.24, 2.45) is 0 Å². The largest absolute Gasteiger partial charge is 0.429 e. The summed E-state index contributed by atoms with van der Waals surface area (Å²) >= 11 is 0. The highest BCUT2D eigenvalue weighted by Gasteiger charge is 2.32. The summed E-state index contributed by atoms with van der Waals surface area (Å²) in [5.41, 5.74) is 0.860. The molecule has 0 aliphatic carbocycles. The molecule has 0 unspecified atom stereocenters. The minimum Gasteiger partial charge on any atom is -0.429 e. The van der Waals surface area contributed by atoms with Crippen LogP contribution in [-0.4, -0.2) is 25.6 Å². The molecule has 0 radical (unpaired) electrons. The molecule has 0 saturated carbocycles. The molecular weight excluding hydrogens is 287 g/mol. The van der Waals surface area contributed by atoms with Gasteiger partial charge in [0.1, 0.15) is 11.6 Å². The van der Waals surface area contributed by atoms with Crippen molar-refractivity contribution < 1.29 is 18.7 Å². The molecule has 2 aromatic rings. The van der Waals surface area contributed by atoms with Gasteiger partial charge in [-0.1, -0.05) is 18.2 Å². The summed E-state index contributed by atoms with van der Waals surface area (Å²) in [7, 11) is 0. The molecule has 1 heterocycles. The number of amides is 2. The van der Waals surface area contributed by atoms with Crippen LogP contribution in [0.2, 0.25) is 0 Å². The lowest BCUT2D eigenvalue weighted by molar-refractivity contribution is -0.120. The van der Waals surface area contributed by atoms with Crippen LogP contribution < -0.4 is 14.5 Å². The molecule has 6 heteroatoms. The molecule has 112 valence electrons. The number of rotatable bonds is 4. The molecule has 1 aliphatic rings. The third-order valence-electron chi connectivity index (χ3n) is 3.47. The Kier molecular flexibility index (Phi) is 3.74. The minimum atomic E-state index is -0.435. The number of carbonyl (C=O) groups excluding carboxylic acids is 2. The second-order valence-corrected chi connectivity index (χ2v) is 4.75. The van der Waals surface area contributed by atoms with Gasteiger partial charge >= 0.3 is 6.03 Å². The van der Waals surface area contributed by atoms with Gasteiger partial charge in [0.15, 0.2) is 0 Å². The Balaban J connectivity index is 1.86. The Morgan fingerprint density at radius 1 is 1.05 bits per heavy atom. The van der Waals surface area contributed by atoms with Crippen LogP contribution in [0.1, 0.15) is 0 Å². The van der Waals surface area contributed by atoms with Gasteiger partial charge in [0.2, 0.25) is 0 Å². The molecule has 0 atom stereocenters. The second-order valence-electron chi connectivity index (χ2n) is 4.75. The van der Waals surface area contributed by atoms with Crippen molar-refractivity contribution in [3.05, 3.63) is 54.3 Å². The average Bonchev–Trinajstić information content (AvgIpc) is 2.90. The zero-order valence-corrected chi connectivity index (χ0v) is 11.6. The lowest BCUT2D eigenvalue weighted by Gasteiger charge is -2.19. The lowest BCUT2D eigenvalue weighted by atomic mass is 10.3. The molecule has 2 aromatic carbocycles. The molecule has 22 heavy (non-hydrogen) atoms. The Hall–Kier alpha value is -2.89. The molecule has 1 fully saturated rings. The highest BCUT2D eigenvalue weighted by atomic mass is 19.1. The third-order valence-corrected chi connectivity index (χ3v) is 3.47. The van der Waals surface area contributed by atoms with Crippen LogP contribution in [0, 0.1) is 5.82 Å². The van der Waals surface area contributed by atoms with Crippen LogP contribution in [-0.2, 0) is 4.79 Å². The van der Waals surface area contributed by atoms with Crippen molar-refractivity contribution in [3.8, 4) is 5.75 Å². The van der Waals surface area contributed by atoms with Gasteiger partial charge in [-0.3, -0.25) is 14.6 Å². The SMILES string of the molecule is O=COc1cccc(N2CCN(c3ccccc3F)C2=O)c1. The minimum absolute atomic E-state index is 0.260. The van der Waals surface area contributed by atoms with E-state index in [0.29, 0.717) is 31.0 Å². The third kappa shape index (κ3) is 2.50. The molecule has 1 saturated heterocycles. The van der Waals surface area contributed by atoms with Gasteiger partial charge in [-0.15, -0.1) is 0 Å². The second kappa shape index (κ2) is 5.85. The van der Waals surface area contributed by atoms with E-state index in [1.807, 2.05) is 0 Å². The summed E-state index contributed by atoms with van der Waals surface area (Å²) in [5, 5.41) is 0. The summed E-state index contributed by atoms with van der Waals surface area (Å²) in [6.07, 6.45) is 0. The number of urea groups is 1. The maximum absolute atomic E-state index is 13.8. The number of hydrogen-bond acceptors (Lipinski definition) is 3. The molecule has 5 nitrogen and oxygen atoms in total. The molecule has 0 spiro atoms. The van der Waals surface area contributed by atoms with E-state index >= 15 is 0 Å². The van der Waals surface area contributed by atoms with Gasteiger partial charge in [0.25, 0.3) is 6.47 Å². The fourth-order valence-electron chi connectivity index (χ4n) is 2.45. The number of benzene rings is 2. The number of ether oxygens (including phenoxy) is 1. The van der Waals surface area contributed by atoms with E-state index in [0.717, 1.165) is 0 Å². The fourth-order valence-corrected chi connectivity index (χ4v) is 2.45. The zero-order chi connectivity index (χ0) is 15.5. The molecule has 1 aliphatic heterocycles. The van der Waals surface area contributed by atoms with E-state index in [9.17, 15) is 14.0 Å². The fraction of sp³-hybridized carbons (Fsp3) is 0.125. The van der Waals surface area contributed by atoms with Crippen LogP contribution in [0.4, 0.5) is 20.6 Å². The topological polar surface area (TPSA) is 49.9 Å². The standard InChI is InChI=1S/C16H13FN2O3/c17-14-6-1-2-7-15(14)19-9-8-18(16(19)21)12-4-3-5-13(10-12)22-11-20/h1-7,10-11H,8-9H2. The number of anilines is 2. The first-order chi connectivity index (χ1) is 10.7. The predicted octanol–water partition coefficient (Wildman–Crippen LogP) is 2.81. The van der Waals surface area contributed by atoms with Crippen LogP contribution in [0.5, 0.6) is 5.75 Å².